The number of halogens is 1. The number of amides is 1. The number of carbonyl (C=O) groups excluding carboxylic acids is 1. The van der Waals surface area contributed by atoms with Gasteiger partial charge in [-0.25, -0.2) is 0 Å². The van der Waals surface area contributed by atoms with Gasteiger partial charge in [0.1, 0.15) is 11.5 Å². The third kappa shape index (κ3) is 5.89. The van der Waals surface area contributed by atoms with Gasteiger partial charge in [-0.3, -0.25) is 4.79 Å². The van der Waals surface area contributed by atoms with Gasteiger partial charge in [0, 0.05) is 32.7 Å². The van der Waals surface area contributed by atoms with Crippen molar-refractivity contribution in [2.24, 2.45) is 0 Å². The van der Waals surface area contributed by atoms with E-state index in [9.17, 15) is 4.79 Å². The van der Waals surface area contributed by atoms with Crippen molar-refractivity contribution in [3.8, 4) is 11.5 Å². The normalized spacial score (nSPS) is 14.7. The highest BCUT2D eigenvalue weighted by Crippen LogP contribution is 2.23. The molecule has 1 aliphatic heterocycles. The number of hydrogen-bond donors (Lipinski definition) is 2. The molecule has 0 unspecified atom stereocenters. The van der Waals surface area contributed by atoms with Crippen molar-refractivity contribution in [1.29, 1.82) is 0 Å². The number of hydrogen-bond acceptors (Lipinski definition) is 5. The van der Waals surface area contributed by atoms with Crippen LogP contribution in [-0.4, -0.2) is 64.3 Å². The van der Waals surface area contributed by atoms with Gasteiger partial charge in [-0.05, 0) is 31.2 Å². The van der Waals surface area contributed by atoms with Crippen molar-refractivity contribution in [1.82, 2.24) is 15.5 Å². The molecule has 130 valence electrons. The Morgan fingerprint density at radius 2 is 2.00 bits per heavy atom. The van der Waals surface area contributed by atoms with E-state index in [1.54, 1.807) is 32.4 Å². The molecule has 1 saturated heterocycles. The van der Waals surface area contributed by atoms with Gasteiger partial charge in [0.15, 0.2) is 0 Å². The van der Waals surface area contributed by atoms with E-state index in [1.165, 1.54) is 0 Å². The van der Waals surface area contributed by atoms with Crippen LogP contribution in [-0.2, 0) is 0 Å². The van der Waals surface area contributed by atoms with Gasteiger partial charge in [0.05, 0.1) is 19.8 Å². The van der Waals surface area contributed by atoms with E-state index >= 15 is 0 Å². The van der Waals surface area contributed by atoms with Crippen LogP contribution in [0, 0.1) is 0 Å². The Balaban J connectivity index is 0.00000264. The van der Waals surface area contributed by atoms with Gasteiger partial charge < -0.3 is 25.0 Å². The molecule has 1 amide bonds. The Bertz CT molecular complexity index is 493. The molecule has 0 atom stereocenters. The fourth-order valence-electron chi connectivity index (χ4n) is 2.53. The predicted octanol–water partition coefficient (Wildman–Crippen LogP) is 1.15. The van der Waals surface area contributed by atoms with Crippen LogP contribution in [0.2, 0.25) is 0 Å². The molecule has 2 rings (SSSR count). The lowest BCUT2D eigenvalue weighted by atomic mass is 10.1. The topological polar surface area (TPSA) is 62.8 Å². The molecule has 23 heavy (non-hydrogen) atoms. The highest BCUT2D eigenvalue weighted by Gasteiger charge is 2.14. The van der Waals surface area contributed by atoms with Gasteiger partial charge in [-0.2, -0.15) is 0 Å². The summed E-state index contributed by atoms with van der Waals surface area (Å²) in [5.41, 5.74) is 0.504. The first-order valence-corrected chi connectivity index (χ1v) is 7.68. The zero-order valence-electron chi connectivity index (χ0n) is 13.8. The van der Waals surface area contributed by atoms with Crippen molar-refractivity contribution in [2.45, 2.75) is 6.42 Å². The molecule has 1 aliphatic rings. The third-order valence-electron chi connectivity index (χ3n) is 3.80. The fraction of sp³-hybridized carbons (Fsp3) is 0.562. The number of benzene rings is 1. The Morgan fingerprint density at radius 1 is 1.26 bits per heavy atom. The van der Waals surface area contributed by atoms with Gasteiger partial charge in [-0.1, -0.05) is 0 Å². The maximum absolute atomic E-state index is 12.3. The Morgan fingerprint density at radius 3 is 2.65 bits per heavy atom. The third-order valence-corrected chi connectivity index (χ3v) is 3.80. The Labute approximate surface area is 143 Å². The van der Waals surface area contributed by atoms with E-state index in [1.807, 2.05) is 0 Å². The lowest BCUT2D eigenvalue weighted by molar-refractivity contribution is 0.0948. The summed E-state index contributed by atoms with van der Waals surface area (Å²) in [6.07, 6.45) is 0.942. The fourth-order valence-corrected chi connectivity index (χ4v) is 2.53. The van der Waals surface area contributed by atoms with Gasteiger partial charge in [-0.15, -0.1) is 12.4 Å². The first-order chi connectivity index (χ1) is 10.7. The Kier molecular flexibility index (Phi) is 8.76. The van der Waals surface area contributed by atoms with E-state index in [0.29, 0.717) is 23.6 Å². The van der Waals surface area contributed by atoms with Crippen molar-refractivity contribution in [2.75, 3.05) is 53.5 Å². The molecular formula is C16H26ClN3O3. The molecule has 2 N–H and O–H groups in total. The van der Waals surface area contributed by atoms with Crippen LogP contribution < -0.4 is 20.1 Å². The van der Waals surface area contributed by atoms with E-state index < -0.39 is 0 Å². The number of piperazine rings is 1. The second-order valence-corrected chi connectivity index (χ2v) is 5.27. The van der Waals surface area contributed by atoms with Gasteiger partial charge in [0.25, 0.3) is 5.91 Å². The van der Waals surface area contributed by atoms with Crippen LogP contribution in [0.25, 0.3) is 0 Å². The van der Waals surface area contributed by atoms with Crippen molar-refractivity contribution in [3.63, 3.8) is 0 Å². The standard InChI is InChI=1S/C16H25N3O3.ClH/c1-21-13-4-5-15(22-2)14(12-13)16(20)18-6-3-9-19-10-7-17-8-11-19;/h4-5,12,17H,3,6-11H2,1-2H3,(H,18,20);1H. The van der Waals surface area contributed by atoms with Crippen LogP contribution in [0.1, 0.15) is 16.8 Å². The zero-order valence-corrected chi connectivity index (χ0v) is 14.6. The molecule has 0 spiro atoms. The summed E-state index contributed by atoms with van der Waals surface area (Å²) in [6, 6.07) is 5.22. The predicted molar refractivity (Wildman–Crippen MR) is 93.1 cm³/mol. The average molecular weight is 344 g/mol. The van der Waals surface area contributed by atoms with Gasteiger partial charge >= 0.3 is 0 Å². The first-order valence-electron chi connectivity index (χ1n) is 7.68. The quantitative estimate of drug-likeness (QED) is 0.727. The molecule has 1 heterocycles. The van der Waals surface area contributed by atoms with E-state index in [-0.39, 0.29) is 18.3 Å². The monoisotopic (exact) mass is 343 g/mol. The summed E-state index contributed by atoms with van der Waals surface area (Å²) in [7, 11) is 3.14. The largest absolute Gasteiger partial charge is 0.497 e. The second-order valence-electron chi connectivity index (χ2n) is 5.27. The van der Waals surface area contributed by atoms with Crippen molar-refractivity contribution < 1.29 is 14.3 Å². The first kappa shape index (κ1) is 19.5. The minimum absolute atomic E-state index is 0. The summed E-state index contributed by atoms with van der Waals surface area (Å²) in [5.74, 6) is 1.07. The molecule has 1 fully saturated rings. The van der Waals surface area contributed by atoms with E-state index in [2.05, 4.69) is 15.5 Å². The number of methoxy groups -OCH3 is 2. The van der Waals surface area contributed by atoms with E-state index in [4.69, 9.17) is 9.47 Å². The summed E-state index contributed by atoms with van der Waals surface area (Å²) >= 11 is 0. The average Bonchev–Trinajstić information content (AvgIpc) is 2.58. The number of nitrogens with one attached hydrogen (secondary N) is 2. The molecule has 6 nitrogen and oxygen atoms in total. The molecule has 7 heteroatoms. The maximum atomic E-state index is 12.3. The van der Waals surface area contributed by atoms with Crippen molar-refractivity contribution in [3.05, 3.63) is 23.8 Å². The minimum atomic E-state index is -0.129. The van der Waals surface area contributed by atoms with Crippen LogP contribution in [0.4, 0.5) is 0 Å². The van der Waals surface area contributed by atoms with Crippen LogP contribution in [0.15, 0.2) is 18.2 Å². The minimum Gasteiger partial charge on any atom is -0.497 e. The molecule has 0 radical (unpaired) electrons. The summed E-state index contributed by atoms with van der Waals surface area (Å²) < 4.78 is 10.4. The zero-order chi connectivity index (χ0) is 15.8. The highest BCUT2D eigenvalue weighted by molar-refractivity contribution is 5.97. The number of rotatable bonds is 7. The molecule has 0 aliphatic carbocycles. The lowest BCUT2D eigenvalue weighted by Crippen LogP contribution is -2.44. The van der Waals surface area contributed by atoms with Crippen LogP contribution in [0.5, 0.6) is 11.5 Å². The lowest BCUT2D eigenvalue weighted by Gasteiger charge is -2.27. The second kappa shape index (κ2) is 10.3. The van der Waals surface area contributed by atoms with Crippen molar-refractivity contribution >= 4 is 18.3 Å². The SMILES string of the molecule is COc1ccc(OC)c(C(=O)NCCCN2CCNCC2)c1.Cl. The molecule has 0 saturated carbocycles. The smallest absolute Gasteiger partial charge is 0.255 e. The molecule has 0 aromatic heterocycles. The summed E-state index contributed by atoms with van der Waals surface area (Å²) in [5, 5.41) is 6.28. The highest BCUT2D eigenvalue weighted by atomic mass is 35.5. The Hall–Kier alpha value is -1.50. The van der Waals surface area contributed by atoms with Crippen LogP contribution >= 0.6 is 12.4 Å². The number of carbonyl (C=O) groups is 1. The maximum Gasteiger partial charge on any atom is 0.255 e. The summed E-state index contributed by atoms with van der Waals surface area (Å²) in [6.45, 7) is 5.93. The number of ether oxygens (including phenoxy) is 2. The summed E-state index contributed by atoms with van der Waals surface area (Å²) in [4.78, 5) is 14.7. The molecule has 1 aromatic carbocycles. The molecule has 1 aromatic rings. The number of nitrogens with zero attached hydrogens (tertiary/aromatic N) is 1. The van der Waals surface area contributed by atoms with Crippen LogP contribution in [0.3, 0.4) is 0 Å². The van der Waals surface area contributed by atoms with E-state index in [0.717, 1.165) is 39.1 Å². The van der Waals surface area contributed by atoms with Gasteiger partial charge in [0.2, 0.25) is 0 Å². The molecule has 0 bridgehead atoms. The molecular weight excluding hydrogens is 318 g/mol.